The molecule has 5 heteroatoms. The van der Waals surface area contributed by atoms with E-state index in [-0.39, 0.29) is 25.2 Å². The van der Waals surface area contributed by atoms with E-state index in [1.165, 1.54) is 6.42 Å². The highest BCUT2D eigenvalue weighted by Crippen LogP contribution is 2.29. The van der Waals surface area contributed by atoms with E-state index in [2.05, 4.69) is 19.2 Å². The van der Waals surface area contributed by atoms with Crippen molar-refractivity contribution in [3.8, 4) is 5.75 Å². The molecule has 0 saturated heterocycles. The Labute approximate surface area is 137 Å². The molecule has 0 bridgehead atoms. The van der Waals surface area contributed by atoms with E-state index >= 15 is 0 Å². The topological polar surface area (TPSA) is 64.6 Å². The molecule has 126 valence electrons. The molecule has 1 saturated carbocycles. The molecule has 1 aromatic carbocycles. The van der Waals surface area contributed by atoms with Gasteiger partial charge < -0.3 is 14.8 Å². The van der Waals surface area contributed by atoms with Gasteiger partial charge in [-0.15, -0.1) is 0 Å². The summed E-state index contributed by atoms with van der Waals surface area (Å²) >= 11 is 0. The summed E-state index contributed by atoms with van der Waals surface area (Å²) in [5.74, 6) is 0.859. The van der Waals surface area contributed by atoms with Gasteiger partial charge >= 0.3 is 5.97 Å². The number of para-hydroxylation sites is 1. The predicted molar refractivity (Wildman–Crippen MR) is 87.0 cm³/mol. The standard InChI is InChI=1S/C18H25NO4/c1-13-7-6-10-16(14(13)2)19-17(20)11-23-18(21)12-22-15-8-4-3-5-9-15/h3-5,8-9,13-14,16H,6-7,10-12H2,1-2H3,(H,19,20). The van der Waals surface area contributed by atoms with Crippen molar-refractivity contribution in [1.82, 2.24) is 5.32 Å². The van der Waals surface area contributed by atoms with Gasteiger partial charge in [0.05, 0.1) is 0 Å². The van der Waals surface area contributed by atoms with Crippen molar-refractivity contribution in [3.63, 3.8) is 0 Å². The number of esters is 1. The summed E-state index contributed by atoms with van der Waals surface area (Å²) < 4.78 is 10.2. The zero-order chi connectivity index (χ0) is 16.7. The number of rotatable bonds is 6. The maximum absolute atomic E-state index is 11.9. The summed E-state index contributed by atoms with van der Waals surface area (Å²) in [5, 5.41) is 2.97. The van der Waals surface area contributed by atoms with Crippen LogP contribution in [0.25, 0.3) is 0 Å². The lowest BCUT2D eigenvalue weighted by Gasteiger charge is -2.34. The van der Waals surface area contributed by atoms with Crippen molar-refractivity contribution in [2.75, 3.05) is 13.2 Å². The van der Waals surface area contributed by atoms with Crippen LogP contribution in [0, 0.1) is 11.8 Å². The van der Waals surface area contributed by atoms with Gasteiger partial charge in [-0.25, -0.2) is 4.79 Å². The second kappa shape index (κ2) is 8.56. The van der Waals surface area contributed by atoms with Gasteiger partial charge in [0.15, 0.2) is 13.2 Å². The van der Waals surface area contributed by atoms with Crippen LogP contribution in [0.15, 0.2) is 30.3 Å². The first kappa shape index (κ1) is 17.3. The Morgan fingerprint density at radius 3 is 2.61 bits per heavy atom. The second-order valence-corrected chi connectivity index (χ2v) is 6.20. The van der Waals surface area contributed by atoms with E-state index in [4.69, 9.17) is 9.47 Å². The van der Waals surface area contributed by atoms with Crippen LogP contribution in [0.3, 0.4) is 0 Å². The molecular weight excluding hydrogens is 294 g/mol. The highest BCUT2D eigenvalue weighted by molar-refractivity contribution is 5.81. The number of amides is 1. The summed E-state index contributed by atoms with van der Waals surface area (Å²) in [4.78, 5) is 23.5. The first-order chi connectivity index (χ1) is 11.1. The fourth-order valence-electron chi connectivity index (χ4n) is 2.88. The Morgan fingerprint density at radius 2 is 1.87 bits per heavy atom. The Kier molecular flexibility index (Phi) is 6.44. The zero-order valence-electron chi connectivity index (χ0n) is 13.8. The third kappa shape index (κ3) is 5.58. The van der Waals surface area contributed by atoms with E-state index in [0.717, 1.165) is 12.8 Å². The lowest BCUT2D eigenvalue weighted by atomic mass is 9.78. The van der Waals surface area contributed by atoms with Crippen LogP contribution in [-0.2, 0) is 14.3 Å². The van der Waals surface area contributed by atoms with E-state index in [9.17, 15) is 9.59 Å². The normalized spacial score (nSPS) is 23.8. The number of carbonyl (C=O) groups is 2. The van der Waals surface area contributed by atoms with Crippen LogP contribution in [0.5, 0.6) is 5.75 Å². The Balaban J connectivity index is 1.66. The molecule has 3 unspecified atom stereocenters. The van der Waals surface area contributed by atoms with Gasteiger partial charge in [0.1, 0.15) is 5.75 Å². The predicted octanol–water partition coefficient (Wildman–Crippen LogP) is 2.55. The van der Waals surface area contributed by atoms with Gasteiger partial charge in [-0.05, 0) is 30.4 Å². The SMILES string of the molecule is CC1CCCC(NC(=O)COC(=O)COc2ccccc2)C1C. The maximum atomic E-state index is 11.9. The largest absolute Gasteiger partial charge is 0.482 e. The van der Waals surface area contributed by atoms with E-state index in [0.29, 0.717) is 17.6 Å². The highest BCUT2D eigenvalue weighted by Gasteiger charge is 2.28. The third-order valence-corrected chi connectivity index (χ3v) is 4.52. The van der Waals surface area contributed by atoms with Gasteiger partial charge in [0, 0.05) is 6.04 Å². The van der Waals surface area contributed by atoms with Crippen molar-refractivity contribution in [2.24, 2.45) is 11.8 Å². The first-order valence-corrected chi connectivity index (χ1v) is 8.19. The summed E-state index contributed by atoms with van der Waals surface area (Å²) in [7, 11) is 0. The molecule has 1 amide bonds. The van der Waals surface area contributed by atoms with Crippen molar-refractivity contribution in [2.45, 2.75) is 39.2 Å². The Hall–Kier alpha value is -2.04. The molecule has 1 N–H and O–H groups in total. The van der Waals surface area contributed by atoms with Gasteiger partial charge in [0.2, 0.25) is 0 Å². The second-order valence-electron chi connectivity index (χ2n) is 6.20. The van der Waals surface area contributed by atoms with E-state index < -0.39 is 5.97 Å². The number of ether oxygens (including phenoxy) is 2. The fraction of sp³-hybridized carbons (Fsp3) is 0.556. The molecular formula is C18H25NO4. The van der Waals surface area contributed by atoms with Gasteiger partial charge in [-0.2, -0.15) is 0 Å². The van der Waals surface area contributed by atoms with Gasteiger partial charge in [0.25, 0.3) is 5.91 Å². The molecule has 1 aliphatic rings. The Morgan fingerprint density at radius 1 is 1.13 bits per heavy atom. The number of benzene rings is 1. The molecule has 0 spiro atoms. The van der Waals surface area contributed by atoms with Crippen molar-refractivity contribution >= 4 is 11.9 Å². The molecule has 0 aliphatic heterocycles. The highest BCUT2D eigenvalue weighted by atomic mass is 16.6. The third-order valence-electron chi connectivity index (χ3n) is 4.52. The zero-order valence-corrected chi connectivity index (χ0v) is 13.8. The van der Waals surface area contributed by atoms with E-state index in [1.807, 2.05) is 18.2 Å². The monoisotopic (exact) mass is 319 g/mol. The molecule has 0 heterocycles. The lowest BCUT2D eigenvalue weighted by molar-refractivity contribution is -0.150. The molecule has 0 aromatic heterocycles. The van der Waals surface area contributed by atoms with Crippen LogP contribution < -0.4 is 10.1 Å². The van der Waals surface area contributed by atoms with Gasteiger partial charge in [-0.1, -0.05) is 44.9 Å². The summed E-state index contributed by atoms with van der Waals surface area (Å²) in [6, 6.07) is 9.19. The van der Waals surface area contributed by atoms with Crippen LogP contribution in [0.4, 0.5) is 0 Å². The summed E-state index contributed by atoms with van der Waals surface area (Å²) in [6.45, 7) is 3.92. The van der Waals surface area contributed by atoms with Crippen LogP contribution in [0.1, 0.15) is 33.1 Å². The molecule has 3 atom stereocenters. The molecule has 1 fully saturated rings. The number of carbonyl (C=O) groups excluding carboxylic acids is 2. The quantitative estimate of drug-likeness (QED) is 0.819. The van der Waals surface area contributed by atoms with Gasteiger partial charge in [-0.3, -0.25) is 4.79 Å². The minimum Gasteiger partial charge on any atom is -0.482 e. The fourth-order valence-corrected chi connectivity index (χ4v) is 2.88. The number of nitrogens with one attached hydrogen (secondary N) is 1. The minimum absolute atomic E-state index is 0.172. The Bertz CT molecular complexity index is 517. The molecule has 1 aliphatic carbocycles. The number of hydrogen-bond donors (Lipinski definition) is 1. The molecule has 5 nitrogen and oxygen atoms in total. The van der Waals surface area contributed by atoms with Crippen LogP contribution in [-0.4, -0.2) is 31.1 Å². The molecule has 1 aromatic rings. The minimum atomic E-state index is -0.547. The molecule has 2 rings (SSSR count). The average molecular weight is 319 g/mol. The molecule has 23 heavy (non-hydrogen) atoms. The van der Waals surface area contributed by atoms with Crippen molar-refractivity contribution in [3.05, 3.63) is 30.3 Å². The van der Waals surface area contributed by atoms with Crippen molar-refractivity contribution in [1.29, 1.82) is 0 Å². The summed E-state index contributed by atoms with van der Waals surface area (Å²) in [5.41, 5.74) is 0. The molecule has 0 radical (unpaired) electrons. The lowest BCUT2D eigenvalue weighted by Crippen LogP contribution is -2.45. The summed E-state index contributed by atoms with van der Waals surface area (Å²) in [6.07, 6.45) is 3.32. The van der Waals surface area contributed by atoms with Crippen LogP contribution in [0.2, 0.25) is 0 Å². The maximum Gasteiger partial charge on any atom is 0.344 e. The van der Waals surface area contributed by atoms with Crippen molar-refractivity contribution < 1.29 is 19.1 Å². The van der Waals surface area contributed by atoms with Crippen LogP contribution >= 0.6 is 0 Å². The smallest absolute Gasteiger partial charge is 0.344 e. The average Bonchev–Trinajstić information content (AvgIpc) is 2.56. The first-order valence-electron chi connectivity index (χ1n) is 8.19. The van der Waals surface area contributed by atoms with E-state index in [1.54, 1.807) is 12.1 Å². The number of hydrogen-bond acceptors (Lipinski definition) is 4.